The maximum Gasteiger partial charge on any atom is 0.150 e. The van der Waals surface area contributed by atoms with Crippen molar-refractivity contribution in [1.29, 1.82) is 0 Å². The van der Waals surface area contributed by atoms with Crippen LogP contribution in [0.4, 0.5) is 14.5 Å². The summed E-state index contributed by atoms with van der Waals surface area (Å²) in [6.07, 6.45) is 1.77. The van der Waals surface area contributed by atoms with Crippen molar-refractivity contribution in [3.63, 3.8) is 0 Å². The minimum Gasteiger partial charge on any atom is -0.379 e. The van der Waals surface area contributed by atoms with Crippen LogP contribution in [0.2, 0.25) is 10.0 Å². The van der Waals surface area contributed by atoms with Gasteiger partial charge >= 0.3 is 0 Å². The molecule has 3 rings (SSSR count). The summed E-state index contributed by atoms with van der Waals surface area (Å²) in [5, 5.41) is 3.84. The summed E-state index contributed by atoms with van der Waals surface area (Å²) in [7, 11) is 0. The summed E-state index contributed by atoms with van der Waals surface area (Å²) >= 11 is 11.7. The van der Waals surface area contributed by atoms with E-state index in [4.69, 9.17) is 23.2 Å². The van der Waals surface area contributed by atoms with E-state index in [1.165, 1.54) is 5.56 Å². The predicted octanol–water partition coefficient (Wildman–Crippen LogP) is 5.63. The van der Waals surface area contributed by atoms with Crippen LogP contribution in [0.15, 0.2) is 36.4 Å². The maximum absolute atomic E-state index is 13.7. The SMILES string of the molecule is Fc1cc(F)c(NC2CC(c3ccc(Cl)cc3)C2)c(Cl)c1. The third kappa shape index (κ3) is 3.14. The number of benzene rings is 2. The van der Waals surface area contributed by atoms with E-state index in [0.717, 1.165) is 25.0 Å². The normalized spacial score (nSPS) is 21.0. The molecular formula is C16H13Cl2F2N. The van der Waals surface area contributed by atoms with Gasteiger partial charge in [0.15, 0.2) is 5.82 Å². The highest BCUT2D eigenvalue weighted by atomic mass is 35.5. The number of anilines is 1. The molecule has 21 heavy (non-hydrogen) atoms. The van der Waals surface area contributed by atoms with E-state index in [2.05, 4.69) is 5.32 Å². The first-order valence-electron chi connectivity index (χ1n) is 6.69. The molecule has 1 aliphatic carbocycles. The molecule has 110 valence electrons. The Balaban J connectivity index is 1.64. The van der Waals surface area contributed by atoms with Gasteiger partial charge in [0.05, 0.1) is 10.7 Å². The Morgan fingerprint density at radius 3 is 2.29 bits per heavy atom. The third-order valence-corrected chi connectivity index (χ3v) is 4.38. The van der Waals surface area contributed by atoms with E-state index < -0.39 is 11.6 Å². The molecule has 0 aliphatic heterocycles. The fraction of sp³-hybridized carbons (Fsp3) is 0.250. The van der Waals surface area contributed by atoms with Crippen molar-refractivity contribution >= 4 is 28.9 Å². The second kappa shape index (κ2) is 5.82. The van der Waals surface area contributed by atoms with Gasteiger partial charge in [-0.05, 0) is 42.5 Å². The highest BCUT2D eigenvalue weighted by Crippen LogP contribution is 2.40. The van der Waals surface area contributed by atoms with Gasteiger partial charge in [0.2, 0.25) is 0 Å². The molecule has 1 N–H and O–H groups in total. The predicted molar refractivity (Wildman–Crippen MR) is 82.2 cm³/mol. The summed E-state index contributed by atoms with van der Waals surface area (Å²) in [6, 6.07) is 9.85. The molecule has 0 spiro atoms. The van der Waals surface area contributed by atoms with Gasteiger partial charge in [0.1, 0.15) is 5.82 Å². The van der Waals surface area contributed by atoms with Crippen molar-refractivity contribution in [3.8, 4) is 0 Å². The number of hydrogen-bond acceptors (Lipinski definition) is 1. The van der Waals surface area contributed by atoms with Gasteiger partial charge in [-0.2, -0.15) is 0 Å². The molecule has 0 heterocycles. The van der Waals surface area contributed by atoms with Gasteiger partial charge in [-0.25, -0.2) is 8.78 Å². The lowest BCUT2D eigenvalue weighted by Crippen LogP contribution is -2.34. The van der Waals surface area contributed by atoms with Crippen molar-refractivity contribution < 1.29 is 8.78 Å². The average molecular weight is 328 g/mol. The largest absolute Gasteiger partial charge is 0.379 e. The first kappa shape index (κ1) is 14.6. The topological polar surface area (TPSA) is 12.0 Å². The summed E-state index contributed by atoms with van der Waals surface area (Å²) in [4.78, 5) is 0. The molecule has 0 atom stereocenters. The zero-order chi connectivity index (χ0) is 15.0. The summed E-state index contributed by atoms with van der Waals surface area (Å²) in [5.74, 6) is -0.896. The van der Waals surface area contributed by atoms with Crippen molar-refractivity contribution in [2.75, 3.05) is 5.32 Å². The standard InChI is InChI=1S/C16H13Cl2F2N/c17-11-3-1-9(2-4-11)10-5-13(6-10)21-16-14(18)7-12(19)8-15(16)20/h1-4,7-8,10,13,21H,5-6H2. The van der Waals surface area contributed by atoms with Crippen molar-refractivity contribution in [2.24, 2.45) is 0 Å². The Kier molecular flexibility index (Phi) is 4.05. The van der Waals surface area contributed by atoms with E-state index in [9.17, 15) is 8.78 Å². The highest BCUT2D eigenvalue weighted by molar-refractivity contribution is 6.33. The van der Waals surface area contributed by atoms with E-state index in [1.807, 2.05) is 24.3 Å². The number of nitrogens with one attached hydrogen (secondary N) is 1. The Labute approximate surface area is 131 Å². The van der Waals surface area contributed by atoms with Crippen LogP contribution in [-0.2, 0) is 0 Å². The molecule has 0 saturated heterocycles. The summed E-state index contributed by atoms with van der Waals surface area (Å²) in [6.45, 7) is 0. The zero-order valence-corrected chi connectivity index (χ0v) is 12.6. The Bertz CT molecular complexity index is 629. The van der Waals surface area contributed by atoms with Crippen LogP contribution in [0, 0.1) is 11.6 Å². The number of halogens is 4. The summed E-state index contributed by atoms with van der Waals surface area (Å²) < 4.78 is 26.7. The minimum absolute atomic E-state index is 0.0717. The summed E-state index contributed by atoms with van der Waals surface area (Å²) in [5.41, 5.74) is 1.40. The third-order valence-electron chi connectivity index (χ3n) is 3.83. The van der Waals surface area contributed by atoms with Crippen LogP contribution in [0.25, 0.3) is 0 Å². The second-order valence-corrected chi connectivity index (χ2v) is 6.15. The molecule has 0 bridgehead atoms. The molecule has 1 aliphatic rings. The van der Waals surface area contributed by atoms with Gasteiger partial charge in [-0.15, -0.1) is 0 Å². The lowest BCUT2D eigenvalue weighted by atomic mass is 9.76. The Morgan fingerprint density at radius 1 is 1.00 bits per heavy atom. The smallest absolute Gasteiger partial charge is 0.150 e. The molecule has 0 radical (unpaired) electrons. The number of hydrogen-bond donors (Lipinski definition) is 1. The van der Waals surface area contributed by atoms with Crippen LogP contribution in [0.5, 0.6) is 0 Å². The highest BCUT2D eigenvalue weighted by Gasteiger charge is 2.31. The van der Waals surface area contributed by atoms with E-state index in [1.54, 1.807) is 0 Å². The average Bonchev–Trinajstić information content (AvgIpc) is 2.37. The lowest BCUT2D eigenvalue weighted by Gasteiger charge is -2.37. The molecule has 2 aromatic rings. The van der Waals surface area contributed by atoms with Crippen LogP contribution in [0.1, 0.15) is 24.3 Å². The second-order valence-electron chi connectivity index (χ2n) is 5.31. The first-order valence-corrected chi connectivity index (χ1v) is 7.45. The fourth-order valence-electron chi connectivity index (χ4n) is 2.63. The zero-order valence-electron chi connectivity index (χ0n) is 11.0. The molecule has 1 nitrogen and oxygen atoms in total. The molecule has 2 aromatic carbocycles. The van der Waals surface area contributed by atoms with Crippen molar-refractivity contribution in [1.82, 2.24) is 0 Å². The molecular weight excluding hydrogens is 315 g/mol. The molecule has 5 heteroatoms. The fourth-order valence-corrected chi connectivity index (χ4v) is 3.00. The molecule has 1 saturated carbocycles. The van der Waals surface area contributed by atoms with Crippen LogP contribution in [-0.4, -0.2) is 6.04 Å². The van der Waals surface area contributed by atoms with Crippen LogP contribution >= 0.6 is 23.2 Å². The van der Waals surface area contributed by atoms with Gasteiger partial charge in [-0.1, -0.05) is 35.3 Å². The quantitative estimate of drug-likeness (QED) is 0.770. The maximum atomic E-state index is 13.7. The van der Waals surface area contributed by atoms with E-state index in [-0.39, 0.29) is 16.8 Å². The van der Waals surface area contributed by atoms with Gasteiger partial charge in [0.25, 0.3) is 0 Å². The van der Waals surface area contributed by atoms with E-state index in [0.29, 0.717) is 10.9 Å². The first-order chi connectivity index (χ1) is 10.0. The van der Waals surface area contributed by atoms with Gasteiger partial charge in [-0.3, -0.25) is 0 Å². The van der Waals surface area contributed by atoms with E-state index >= 15 is 0 Å². The molecule has 0 amide bonds. The van der Waals surface area contributed by atoms with Gasteiger partial charge < -0.3 is 5.32 Å². The molecule has 0 aromatic heterocycles. The van der Waals surface area contributed by atoms with Crippen LogP contribution < -0.4 is 5.32 Å². The van der Waals surface area contributed by atoms with Crippen LogP contribution in [0.3, 0.4) is 0 Å². The Hall–Kier alpha value is -1.32. The lowest BCUT2D eigenvalue weighted by molar-refractivity contribution is 0.373. The minimum atomic E-state index is -0.671. The number of rotatable bonds is 3. The molecule has 1 fully saturated rings. The van der Waals surface area contributed by atoms with Crippen molar-refractivity contribution in [3.05, 3.63) is 63.6 Å². The van der Waals surface area contributed by atoms with Gasteiger partial charge in [0, 0.05) is 17.1 Å². The monoisotopic (exact) mass is 327 g/mol. The molecule has 0 unspecified atom stereocenters. The van der Waals surface area contributed by atoms with Crippen molar-refractivity contribution in [2.45, 2.75) is 24.8 Å². The Morgan fingerprint density at radius 2 is 1.67 bits per heavy atom.